The van der Waals surface area contributed by atoms with Crippen molar-refractivity contribution in [3.63, 3.8) is 0 Å². The van der Waals surface area contributed by atoms with Crippen LogP contribution in [0.25, 0.3) is 0 Å². The summed E-state index contributed by atoms with van der Waals surface area (Å²) in [5, 5.41) is -7.25. The molecule has 0 saturated carbocycles. The highest BCUT2D eigenvalue weighted by atomic mass is 79.9. The van der Waals surface area contributed by atoms with Gasteiger partial charge in [0.05, 0.1) is 12.5 Å². The molecular weight excluding hydrogens is 623 g/mol. The van der Waals surface area contributed by atoms with Crippen LogP contribution in [0.15, 0.2) is 18.5 Å². The molecule has 19 heteroatoms. The Kier molecular flexibility index (Phi) is 6.55. The standard InChI is InChI=1S/C10HBr2F13O2S2/c11-3-1-2(4(12)28-3)29(26,27)10(24,25)8(19,20)6(15,16)5(13,14)7(17,18)9(21,22)23/h1H. The summed E-state index contributed by atoms with van der Waals surface area (Å²) in [6.07, 6.45) is -7.58. The molecule has 0 fully saturated rings. The van der Waals surface area contributed by atoms with Crippen LogP contribution in [0.5, 0.6) is 0 Å². The zero-order chi connectivity index (χ0) is 23.6. The van der Waals surface area contributed by atoms with E-state index in [1.54, 1.807) is 0 Å². The zero-order valence-electron chi connectivity index (χ0n) is 12.4. The molecule has 0 bridgehead atoms. The van der Waals surface area contributed by atoms with Crippen molar-refractivity contribution in [3.05, 3.63) is 13.6 Å². The summed E-state index contributed by atoms with van der Waals surface area (Å²) in [4.78, 5) is -1.85. The fourth-order valence-electron chi connectivity index (χ4n) is 1.57. The Hall–Kier alpha value is -0.300. The van der Waals surface area contributed by atoms with Crippen LogP contribution in [0.4, 0.5) is 57.1 Å². The van der Waals surface area contributed by atoms with E-state index in [4.69, 9.17) is 0 Å². The highest BCUT2D eigenvalue weighted by Gasteiger charge is 2.92. The third-order valence-corrected chi connectivity index (χ3v) is 7.72. The van der Waals surface area contributed by atoms with Gasteiger partial charge in [0.1, 0.15) is 0 Å². The topological polar surface area (TPSA) is 34.1 Å². The van der Waals surface area contributed by atoms with Gasteiger partial charge in [0.2, 0.25) is 0 Å². The number of hydrogen-bond donors (Lipinski definition) is 0. The summed E-state index contributed by atoms with van der Waals surface area (Å²) in [5.41, 5.74) is 0. The summed E-state index contributed by atoms with van der Waals surface area (Å²) in [6, 6.07) is 0.147. The van der Waals surface area contributed by atoms with Crippen LogP contribution in [-0.4, -0.2) is 43.5 Å². The molecule has 0 atom stereocenters. The molecule has 1 heterocycles. The maximum Gasteiger partial charge on any atom is 0.460 e. The highest BCUT2D eigenvalue weighted by Crippen LogP contribution is 2.61. The molecule has 0 aliphatic carbocycles. The van der Waals surface area contributed by atoms with Gasteiger partial charge >= 0.3 is 35.1 Å². The van der Waals surface area contributed by atoms with E-state index in [2.05, 4.69) is 31.9 Å². The number of sulfone groups is 1. The lowest BCUT2D eigenvalue weighted by Gasteiger charge is -2.39. The minimum atomic E-state index is -8.19. The normalized spacial score (nSPS) is 15.7. The Morgan fingerprint density at radius 2 is 1.07 bits per heavy atom. The van der Waals surface area contributed by atoms with Crippen LogP contribution < -0.4 is 0 Å². The summed E-state index contributed by atoms with van der Waals surface area (Å²) < 4.78 is 192. The Balaban J connectivity index is 3.72. The van der Waals surface area contributed by atoms with Gasteiger partial charge in [-0.1, -0.05) is 0 Å². The molecule has 0 saturated heterocycles. The van der Waals surface area contributed by atoms with E-state index in [0.29, 0.717) is 0 Å². The van der Waals surface area contributed by atoms with Crippen molar-refractivity contribution >= 4 is 53.0 Å². The minimum absolute atomic E-state index is 0.147. The number of thiophene rings is 1. The largest absolute Gasteiger partial charge is 0.460 e. The van der Waals surface area contributed by atoms with Gasteiger partial charge < -0.3 is 0 Å². The van der Waals surface area contributed by atoms with Crippen LogP contribution in [0.3, 0.4) is 0 Å². The predicted octanol–water partition coefficient (Wildman–Crippen LogP) is 6.74. The van der Waals surface area contributed by atoms with Crippen molar-refractivity contribution < 1.29 is 65.5 Å². The monoisotopic (exact) mass is 622 g/mol. The van der Waals surface area contributed by atoms with Crippen molar-refractivity contribution in [2.45, 2.75) is 40.0 Å². The molecule has 1 rings (SSSR count). The average molecular weight is 624 g/mol. The molecule has 0 radical (unpaired) electrons. The van der Waals surface area contributed by atoms with Gasteiger partial charge in [-0.25, -0.2) is 8.42 Å². The Morgan fingerprint density at radius 1 is 0.690 bits per heavy atom. The van der Waals surface area contributed by atoms with E-state index in [1.165, 1.54) is 0 Å². The average Bonchev–Trinajstić information content (AvgIpc) is 2.84. The van der Waals surface area contributed by atoms with E-state index in [0.717, 1.165) is 0 Å². The molecule has 29 heavy (non-hydrogen) atoms. The fourth-order valence-corrected chi connectivity index (χ4v) is 6.63. The maximum absolute atomic E-state index is 13.9. The second-order valence-corrected chi connectivity index (χ2v) is 10.7. The second-order valence-electron chi connectivity index (χ2n) is 5.00. The Bertz CT molecular complexity index is 888. The quantitative estimate of drug-likeness (QED) is 0.329. The summed E-state index contributed by atoms with van der Waals surface area (Å²) in [7, 11) is -7.02. The van der Waals surface area contributed by atoms with Gasteiger partial charge in [-0.15, -0.1) is 11.3 Å². The van der Waals surface area contributed by atoms with Crippen LogP contribution in [0.2, 0.25) is 0 Å². The Morgan fingerprint density at radius 3 is 1.38 bits per heavy atom. The van der Waals surface area contributed by atoms with Crippen molar-refractivity contribution in [1.29, 1.82) is 0 Å². The van der Waals surface area contributed by atoms with E-state index < -0.39 is 53.6 Å². The van der Waals surface area contributed by atoms with Gasteiger partial charge in [0, 0.05) is 0 Å². The molecule has 1 aromatic heterocycles. The maximum atomic E-state index is 13.9. The molecule has 0 aliphatic heterocycles. The van der Waals surface area contributed by atoms with E-state index >= 15 is 0 Å². The molecule has 1 aromatic rings. The number of halogens is 15. The van der Waals surface area contributed by atoms with Gasteiger partial charge in [0.15, 0.2) is 0 Å². The lowest BCUT2D eigenvalue weighted by atomic mass is 9.98. The van der Waals surface area contributed by atoms with Gasteiger partial charge in [-0.2, -0.15) is 57.1 Å². The Labute approximate surface area is 172 Å². The molecular formula is C10HBr2F13O2S2. The first-order valence-electron chi connectivity index (χ1n) is 6.06. The number of rotatable bonds is 6. The van der Waals surface area contributed by atoms with Gasteiger partial charge in [0.25, 0.3) is 9.84 Å². The molecule has 0 aliphatic rings. The molecule has 2 nitrogen and oxygen atoms in total. The molecule has 0 unspecified atom stereocenters. The van der Waals surface area contributed by atoms with E-state index in [1.807, 2.05) is 0 Å². The summed E-state index contributed by atoms with van der Waals surface area (Å²) >= 11 is 5.01. The molecule has 0 aromatic carbocycles. The molecule has 0 amide bonds. The van der Waals surface area contributed by atoms with Crippen LogP contribution >= 0.6 is 43.2 Å². The van der Waals surface area contributed by atoms with Crippen LogP contribution in [-0.2, 0) is 9.84 Å². The predicted molar refractivity (Wildman–Crippen MR) is 77.7 cm³/mol. The summed E-state index contributed by atoms with van der Waals surface area (Å²) in [6.45, 7) is 0. The van der Waals surface area contributed by atoms with Crippen molar-refractivity contribution in [2.75, 3.05) is 0 Å². The first-order chi connectivity index (χ1) is 12.4. The lowest BCUT2D eigenvalue weighted by molar-refractivity contribution is -0.433. The minimum Gasteiger partial charge on any atom is -0.217 e. The van der Waals surface area contributed by atoms with E-state index in [-0.39, 0.29) is 21.2 Å². The van der Waals surface area contributed by atoms with Gasteiger partial charge in [-0.3, -0.25) is 0 Å². The zero-order valence-corrected chi connectivity index (χ0v) is 17.2. The molecule has 0 N–H and O–H groups in total. The van der Waals surface area contributed by atoms with Crippen LogP contribution in [0.1, 0.15) is 0 Å². The lowest BCUT2D eigenvalue weighted by Crippen LogP contribution is -2.71. The fraction of sp³-hybridized carbons (Fsp3) is 0.600. The van der Waals surface area contributed by atoms with Crippen molar-refractivity contribution in [1.82, 2.24) is 0 Å². The highest BCUT2D eigenvalue weighted by molar-refractivity contribution is 9.12. The first kappa shape index (κ1) is 26.7. The van der Waals surface area contributed by atoms with Crippen molar-refractivity contribution in [2.24, 2.45) is 0 Å². The summed E-state index contributed by atoms with van der Waals surface area (Å²) in [5.74, 6) is -32.2. The third kappa shape index (κ3) is 3.56. The van der Waals surface area contributed by atoms with Crippen molar-refractivity contribution in [3.8, 4) is 0 Å². The SMILES string of the molecule is O=S(=O)(c1cc(Br)sc1Br)C(F)(F)C(F)(F)C(F)(F)C(F)(F)C(F)(F)C(F)(F)F. The number of hydrogen-bond acceptors (Lipinski definition) is 3. The first-order valence-corrected chi connectivity index (χ1v) is 9.95. The third-order valence-electron chi connectivity index (χ3n) is 3.16. The van der Waals surface area contributed by atoms with Gasteiger partial charge in [-0.05, 0) is 37.9 Å². The molecule has 170 valence electrons. The smallest absolute Gasteiger partial charge is 0.217 e. The van der Waals surface area contributed by atoms with E-state index in [9.17, 15) is 65.5 Å². The van der Waals surface area contributed by atoms with Crippen LogP contribution in [0, 0.1) is 0 Å². The second kappa shape index (κ2) is 7.11. The molecule has 0 spiro atoms. The number of alkyl halides is 13.